The second-order valence-electron chi connectivity index (χ2n) is 3.80. The molecule has 0 aromatic carbocycles. The average Bonchev–Trinajstić information content (AvgIpc) is 2.46. The van der Waals surface area contributed by atoms with Crippen LogP contribution in [0.15, 0.2) is 11.7 Å². The van der Waals surface area contributed by atoms with Crippen LogP contribution in [0.2, 0.25) is 0 Å². The van der Waals surface area contributed by atoms with E-state index in [-0.39, 0.29) is 6.10 Å². The highest BCUT2D eigenvalue weighted by Gasteiger charge is 2.25. The van der Waals surface area contributed by atoms with Crippen molar-refractivity contribution in [3.63, 3.8) is 0 Å². The maximum atomic E-state index is 9.53. The van der Waals surface area contributed by atoms with Gasteiger partial charge in [0.1, 0.15) is 7.85 Å². The Bertz CT molecular complexity index is 193. The molecular formula is C10H18BNO. The SMILES string of the molecule is [B]/C=C1/C(CC(O)CC)CCN1C. The fraction of sp³-hybridized carbons (Fsp3) is 0.800. The molecule has 1 aliphatic rings. The smallest absolute Gasteiger partial charge is 0.105 e. The van der Waals surface area contributed by atoms with Gasteiger partial charge in [-0.05, 0) is 19.3 Å². The van der Waals surface area contributed by atoms with Gasteiger partial charge < -0.3 is 10.0 Å². The molecule has 1 heterocycles. The summed E-state index contributed by atoms with van der Waals surface area (Å²) in [5.74, 6) is 2.14. The van der Waals surface area contributed by atoms with Gasteiger partial charge in [-0.1, -0.05) is 6.92 Å². The lowest BCUT2D eigenvalue weighted by atomic mass is 9.93. The second-order valence-corrected chi connectivity index (χ2v) is 3.80. The molecule has 0 aromatic heterocycles. The van der Waals surface area contributed by atoms with Crippen molar-refractivity contribution in [3.05, 3.63) is 11.7 Å². The molecule has 0 aromatic rings. The highest BCUT2D eigenvalue weighted by molar-refractivity contribution is 6.17. The number of hydrogen-bond donors (Lipinski definition) is 1. The van der Waals surface area contributed by atoms with Crippen LogP contribution in [-0.4, -0.2) is 37.5 Å². The van der Waals surface area contributed by atoms with E-state index >= 15 is 0 Å². The highest BCUT2D eigenvalue weighted by atomic mass is 16.3. The van der Waals surface area contributed by atoms with Crippen LogP contribution in [0.3, 0.4) is 0 Å². The van der Waals surface area contributed by atoms with E-state index in [1.165, 1.54) is 5.70 Å². The minimum absolute atomic E-state index is 0.175. The van der Waals surface area contributed by atoms with E-state index in [9.17, 15) is 5.11 Å². The molecule has 0 spiro atoms. The Kier molecular flexibility index (Phi) is 3.85. The van der Waals surface area contributed by atoms with Crippen molar-refractivity contribution in [1.29, 1.82) is 0 Å². The molecule has 0 saturated carbocycles. The molecule has 0 aliphatic carbocycles. The van der Waals surface area contributed by atoms with Crippen LogP contribution >= 0.6 is 0 Å². The zero-order valence-corrected chi connectivity index (χ0v) is 8.53. The van der Waals surface area contributed by atoms with Crippen LogP contribution in [0.1, 0.15) is 26.2 Å². The Hall–Kier alpha value is -0.435. The van der Waals surface area contributed by atoms with Crippen molar-refractivity contribution < 1.29 is 5.11 Å². The molecule has 13 heavy (non-hydrogen) atoms. The minimum Gasteiger partial charge on any atom is -0.393 e. The molecule has 1 saturated heterocycles. The maximum absolute atomic E-state index is 9.53. The first-order valence-electron chi connectivity index (χ1n) is 5.00. The average molecular weight is 179 g/mol. The Morgan fingerprint density at radius 1 is 1.77 bits per heavy atom. The van der Waals surface area contributed by atoms with E-state index in [4.69, 9.17) is 7.85 Å². The van der Waals surface area contributed by atoms with Gasteiger partial charge in [0.05, 0.1) is 6.10 Å². The summed E-state index contributed by atoms with van der Waals surface area (Å²) in [7, 11) is 7.60. The standard InChI is InChI=1S/C10H18BNO/c1-3-9(13)6-8-4-5-12(2)10(8)7-11/h7-9,13H,3-6H2,1-2H3/b10-7-. The monoisotopic (exact) mass is 179 g/mol. The molecule has 3 heteroatoms. The Morgan fingerprint density at radius 2 is 2.46 bits per heavy atom. The van der Waals surface area contributed by atoms with Crippen molar-refractivity contribution in [1.82, 2.24) is 4.90 Å². The first-order chi connectivity index (χ1) is 6.19. The zero-order chi connectivity index (χ0) is 9.84. The van der Waals surface area contributed by atoms with E-state index in [1.807, 2.05) is 6.92 Å². The molecule has 2 atom stereocenters. The quantitative estimate of drug-likeness (QED) is 0.656. The van der Waals surface area contributed by atoms with Crippen molar-refractivity contribution in [2.75, 3.05) is 13.6 Å². The molecule has 1 aliphatic heterocycles. The van der Waals surface area contributed by atoms with Gasteiger partial charge in [-0.15, -0.1) is 5.98 Å². The molecule has 72 valence electrons. The molecule has 2 radical (unpaired) electrons. The Morgan fingerprint density at radius 3 is 3.00 bits per heavy atom. The summed E-state index contributed by atoms with van der Waals surface area (Å²) >= 11 is 0. The topological polar surface area (TPSA) is 23.5 Å². The number of nitrogens with zero attached hydrogens (tertiary/aromatic N) is 1. The fourth-order valence-electron chi connectivity index (χ4n) is 1.94. The molecule has 2 nitrogen and oxygen atoms in total. The first-order valence-corrected chi connectivity index (χ1v) is 5.00. The number of likely N-dealkylation sites (tertiary alicyclic amines) is 1. The summed E-state index contributed by atoms with van der Waals surface area (Å²) in [6, 6.07) is 0. The molecule has 1 N–H and O–H groups in total. The number of allylic oxidation sites excluding steroid dienone is 1. The molecule has 1 rings (SSSR count). The predicted molar refractivity (Wildman–Crippen MR) is 55.5 cm³/mol. The molecule has 2 unspecified atom stereocenters. The van der Waals surface area contributed by atoms with Crippen LogP contribution in [0.25, 0.3) is 0 Å². The van der Waals surface area contributed by atoms with E-state index in [0.29, 0.717) is 5.92 Å². The van der Waals surface area contributed by atoms with Gasteiger partial charge in [0.2, 0.25) is 0 Å². The lowest BCUT2D eigenvalue weighted by molar-refractivity contribution is 0.145. The van der Waals surface area contributed by atoms with Crippen LogP contribution in [-0.2, 0) is 0 Å². The van der Waals surface area contributed by atoms with Gasteiger partial charge in [0, 0.05) is 25.2 Å². The van der Waals surface area contributed by atoms with Gasteiger partial charge >= 0.3 is 0 Å². The van der Waals surface area contributed by atoms with E-state index in [2.05, 4.69) is 11.9 Å². The molecule has 0 amide bonds. The largest absolute Gasteiger partial charge is 0.393 e. The first kappa shape index (κ1) is 10.6. The third-order valence-corrected chi connectivity index (χ3v) is 2.87. The van der Waals surface area contributed by atoms with Crippen LogP contribution < -0.4 is 0 Å². The lowest BCUT2D eigenvalue weighted by Crippen LogP contribution is -2.16. The molecule has 0 bridgehead atoms. The maximum Gasteiger partial charge on any atom is 0.105 e. The Labute approximate surface area is 82.0 Å². The lowest BCUT2D eigenvalue weighted by Gasteiger charge is -2.19. The number of aliphatic hydroxyl groups excluding tert-OH is 1. The van der Waals surface area contributed by atoms with Gasteiger partial charge in [0.15, 0.2) is 0 Å². The summed E-state index contributed by atoms with van der Waals surface area (Å²) in [5.41, 5.74) is 1.19. The van der Waals surface area contributed by atoms with Crippen molar-refractivity contribution in [2.24, 2.45) is 5.92 Å². The summed E-state index contributed by atoms with van der Waals surface area (Å²) in [6.45, 7) is 3.07. The van der Waals surface area contributed by atoms with Crippen molar-refractivity contribution >= 4 is 7.85 Å². The predicted octanol–water partition coefficient (Wildman–Crippen LogP) is 1.11. The van der Waals surface area contributed by atoms with Crippen LogP contribution in [0.4, 0.5) is 0 Å². The third kappa shape index (κ3) is 2.50. The van der Waals surface area contributed by atoms with Crippen molar-refractivity contribution in [2.45, 2.75) is 32.3 Å². The van der Waals surface area contributed by atoms with Crippen molar-refractivity contribution in [3.8, 4) is 0 Å². The van der Waals surface area contributed by atoms with E-state index < -0.39 is 0 Å². The summed E-state index contributed by atoms with van der Waals surface area (Å²) in [4.78, 5) is 2.17. The van der Waals surface area contributed by atoms with Gasteiger partial charge in [0.25, 0.3) is 0 Å². The number of hydrogen-bond acceptors (Lipinski definition) is 2. The zero-order valence-electron chi connectivity index (χ0n) is 8.53. The summed E-state index contributed by atoms with van der Waals surface area (Å²) < 4.78 is 0. The normalized spacial score (nSPS) is 28.4. The van der Waals surface area contributed by atoms with E-state index in [0.717, 1.165) is 25.8 Å². The van der Waals surface area contributed by atoms with E-state index in [1.54, 1.807) is 5.98 Å². The Balaban J connectivity index is 2.51. The van der Waals surface area contributed by atoms with Crippen LogP contribution in [0.5, 0.6) is 0 Å². The second kappa shape index (κ2) is 4.70. The third-order valence-electron chi connectivity index (χ3n) is 2.87. The fourth-order valence-corrected chi connectivity index (χ4v) is 1.94. The number of rotatable bonds is 3. The number of aliphatic hydroxyl groups is 1. The van der Waals surface area contributed by atoms with Crippen LogP contribution in [0, 0.1) is 5.92 Å². The molecular weight excluding hydrogens is 161 g/mol. The van der Waals surface area contributed by atoms with Gasteiger partial charge in [-0.25, -0.2) is 0 Å². The summed E-state index contributed by atoms with van der Waals surface area (Å²) in [6.07, 6.45) is 2.63. The summed E-state index contributed by atoms with van der Waals surface area (Å²) in [5, 5.41) is 9.53. The molecule has 1 fully saturated rings. The highest BCUT2D eigenvalue weighted by Crippen LogP contribution is 2.30. The minimum atomic E-state index is -0.175. The van der Waals surface area contributed by atoms with Gasteiger partial charge in [-0.2, -0.15) is 0 Å². The van der Waals surface area contributed by atoms with Gasteiger partial charge in [-0.3, -0.25) is 0 Å².